The van der Waals surface area contributed by atoms with E-state index in [0.717, 1.165) is 5.01 Å². The molecule has 0 unspecified atom stereocenters. The van der Waals surface area contributed by atoms with Crippen molar-refractivity contribution in [2.24, 2.45) is 11.6 Å². The predicted octanol–water partition coefficient (Wildman–Crippen LogP) is 0.0137. The zero-order valence-electron chi connectivity index (χ0n) is 7.31. The summed E-state index contributed by atoms with van der Waals surface area (Å²) in [6.45, 7) is 0. The number of anilines is 2. The lowest BCUT2D eigenvalue weighted by Crippen LogP contribution is -2.30. The fourth-order valence-corrected chi connectivity index (χ4v) is 0.994. The predicted molar refractivity (Wildman–Crippen MR) is 52.4 cm³/mol. The Balaban J connectivity index is 3.02. The summed E-state index contributed by atoms with van der Waals surface area (Å²) < 4.78 is 0. The van der Waals surface area contributed by atoms with Crippen LogP contribution >= 0.6 is 0 Å². The number of nitrogens with zero attached hydrogens (tertiary/aromatic N) is 1. The van der Waals surface area contributed by atoms with Gasteiger partial charge < -0.3 is 11.1 Å². The molecule has 6 nitrogen and oxygen atoms in total. The number of carbonyl (C=O) groups is 2. The average molecular weight is 194 g/mol. The molecule has 0 aromatic heterocycles. The van der Waals surface area contributed by atoms with E-state index in [-0.39, 0.29) is 0 Å². The normalized spacial score (nSPS) is 9.21. The highest BCUT2D eigenvalue weighted by atomic mass is 16.2. The minimum Gasteiger partial charge on any atom is -0.351 e. The molecule has 5 N–H and O–H groups in total. The zero-order valence-corrected chi connectivity index (χ0v) is 7.31. The molecule has 0 bridgehead atoms. The number of hydrazine groups is 1. The van der Waals surface area contributed by atoms with Crippen molar-refractivity contribution in [3.8, 4) is 0 Å². The minimum atomic E-state index is -0.711. The molecule has 0 aliphatic carbocycles. The topological polar surface area (TPSA) is 101 Å². The highest BCUT2D eigenvalue weighted by Gasteiger charge is 2.07. The molecule has 0 saturated carbocycles. The molecule has 1 aromatic carbocycles. The van der Waals surface area contributed by atoms with Gasteiger partial charge in [0.25, 0.3) is 0 Å². The molecule has 0 heterocycles. The second-order valence-electron chi connectivity index (χ2n) is 2.52. The maximum atomic E-state index is 10.6. The van der Waals surface area contributed by atoms with E-state index >= 15 is 0 Å². The van der Waals surface area contributed by atoms with Crippen molar-refractivity contribution in [1.29, 1.82) is 0 Å². The molecule has 14 heavy (non-hydrogen) atoms. The number of rotatable bonds is 3. The molecule has 0 aliphatic rings. The summed E-state index contributed by atoms with van der Waals surface area (Å²) in [6, 6.07) is 5.83. The SMILES string of the molecule is NC(=O)Nc1ccccc1N(N)C=O. The molecule has 6 heteroatoms. The molecular formula is C8H10N4O2. The smallest absolute Gasteiger partial charge is 0.316 e. The largest absolute Gasteiger partial charge is 0.351 e. The van der Waals surface area contributed by atoms with Gasteiger partial charge >= 0.3 is 6.03 Å². The molecule has 0 spiro atoms. The number of nitrogens with one attached hydrogen (secondary N) is 1. The molecule has 1 aromatic rings. The van der Waals surface area contributed by atoms with Gasteiger partial charge in [0.1, 0.15) is 0 Å². The fraction of sp³-hybridized carbons (Fsp3) is 0. The summed E-state index contributed by atoms with van der Waals surface area (Å²) in [5.41, 5.74) is 5.70. The number of hydrogen-bond acceptors (Lipinski definition) is 3. The standard InChI is InChI=1S/C8H10N4O2/c9-8(14)11-6-3-1-2-4-7(6)12(10)5-13/h1-5H,10H2,(H3,9,11,14). The van der Waals surface area contributed by atoms with Crippen LogP contribution in [0.3, 0.4) is 0 Å². The van der Waals surface area contributed by atoms with Crippen LogP contribution in [-0.2, 0) is 4.79 Å². The lowest BCUT2D eigenvalue weighted by molar-refractivity contribution is -0.107. The van der Waals surface area contributed by atoms with E-state index in [1.165, 1.54) is 0 Å². The van der Waals surface area contributed by atoms with Gasteiger partial charge in [0.2, 0.25) is 6.41 Å². The number of nitrogens with two attached hydrogens (primary N) is 2. The van der Waals surface area contributed by atoms with Gasteiger partial charge in [-0.15, -0.1) is 0 Å². The molecule has 0 atom stereocenters. The first-order chi connectivity index (χ1) is 6.65. The third kappa shape index (κ3) is 2.20. The quantitative estimate of drug-likeness (QED) is 0.273. The molecule has 0 fully saturated rings. The van der Waals surface area contributed by atoms with E-state index in [1.807, 2.05) is 0 Å². The molecule has 0 aliphatic heterocycles. The van der Waals surface area contributed by atoms with Crippen LogP contribution < -0.4 is 21.9 Å². The monoisotopic (exact) mass is 194 g/mol. The number of amides is 3. The number of urea groups is 1. The van der Waals surface area contributed by atoms with Crippen molar-refractivity contribution in [1.82, 2.24) is 0 Å². The van der Waals surface area contributed by atoms with Gasteiger partial charge in [-0.2, -0.15) is 0 Å². The van der Waals surface area contributed by atoms with Crippen molar-refractivity contribution in [2.45, 2.75) is 0 Å². The highest BCUT2D eigenvalue weighted by molar-refractivity contribution is 5.94. The molecule has 0 radical (unpaired) electrons. The first-order valence-corrected chi connectivity index (χ1v) is 3.80. The van der Waals surface area contributed by atoms with Crippen LogP contribution in [0.15, 0.2) is 24.3 Å². The van der Waals surface area contributed by atoms with Gasteiger partial charge in [0.05, 0.1) is 11.4 Å². The summed E-state index contributed by atoms with van der Waals surface area (Å²) in [5.74, 6) is 5.34. The van der Waals surface area contributed by atoms with E-state index < -0.39 is 6.03 Å². The summed E-state index contributed by atoms with van der Waals surface area (Å²) in [7, 11) is 0. The number of benzene rings is 1. The van der Waals surface area contributed by atoms with E-state index in [4.69, 9.17) is 11.6 Å². The Labute approximate surface area is 80.4 Å². The number of primary amides is 1. The van der Waals surface area contributed by atoms with Gasteiger partial charge in [0.15, 0.2) is 0 Å². The van der Waals surface area contributed by atoms with E-state index in [2.05, 4.69) is 5.32 Å². The Kier molecular flexibility index (Phi) is 3.03. The van der Waals surface area contributed by atoms with Gasteiger partial charge in [-0.25, -0.2) is 15.6 Å². The second-order valence-corrected chi connectivity index (χ2v) is 2.52. The van der Waals surface area contributed by atoms with Crippen LogP contribution in [0.1, 0.15) is 0 Å². The van der Waals surface area contributed by atoms with Crippen LogP contribution in [0.2, 0.25) is 0 Å². The van der Waals surface area contributed by atoms with Crippen LogP contribution in [0.4, 0.5) is 16.2 Å². The summed E-state index contributed by atoms with van der Waals surface area (Å²) in [6.07, 6.45) is 0.432. The Morgan fingerprint density at radius 2 is 2.07 bits per heavy atom. The molecule has 3 amide bonds. The molecule has 74 valence electrons. The fourth-order valence-electron chi connectivity index (χ4n) is 0.994. The summed E-state index contributed by atoms with van der Waals surface area (Å²) in [4.78, 5) is 21.0. The zero-order chi connectivity index (χ0) is 10.6. The van der Waals surface area contributed by atoms with Crippen LogP contribution in [0, 0.1) is 0 Å². The van der Waals surface area contributed by atoms with Crippen molar-refractivity contribution in [2.75, 3.05) is 10.3 Å². The van der Waals surface area contributed by atoms with E-state index in [1.54, 1.807) is 24.3 Å². The van der Waals surface area contributed by atoms with Gasteiger partial charge in [-0.3, -0.25) is 4.79 Å². The Bertz CT molecular complexity index is 353. The van der Waals surface area contributed by atoms with E-state index in [9.17, 15) is 9.59 Å². The van der Waals surface area contributed by atoms with Gasteiger partial charge in [-0.05, 0) is 12.1 Å². The maximum Gasteiger partial charge on any atom is 0.316 e. The number of para-hydroxylation sites is 2. The lowest BCUT2D eigenvalue weighted by Gasteiger charge is -2.14. The third-order valence-electron chi connectivity index (χ3n) is 1.55. The van der Waals surface area contributed by atoms with Gasteiger partial charge in [0, 0.05) is 0 Å². The molecule has 1 rings (SSSR count). The van der Waals surface area contributed by atoms with Crippen LogP contribution in [0.5, 0.6) is 0 Å². The highest BCUT2D eigenvalue weighted by Crippen LogP contribution is 2.22. The Morgan fingerprint density at radius 1 is 1.43 bits per heavy atom. The van der Waals surface area contributed by atoms with Gasteiger partial charge in [-0.1, -0.05) is 12.1 Å². The third-order valence-corrected chi connectivity index (χ3v) is 1.55. The van der Waals surface area contributed by atoms with E-state index in [0.29, 0.717) is 17.8 Å². The summed E-state index contributed by atoms with van der Waals surface area (Å²) >= 11 is 0. The van der Waals surface area contributed by atoms with Crippen molar-refractivity contribution in [3.05, 3.63) is 24.3 Å². The first-order valence-electron chi connectivity index (χ1n) is 3.80. The first kappa shape index (κ1) is 10.0. The van der Waals surface area contributed by atoms with Crippen molar-refractivity contribution in [3.63, 3.8) is 0 Å². The molecule has 0 saturated heterocycles. The minimum absolute atomic E-state index is 0.376. The van der Waals surface area contributed by atoms with Crippen LogP contribution in [-0.4, -0.2) is 12.4 Å². The van der Waals surface area contributed by atoms with Crippen LogP contribution in [0.25, 0.3) is 0 Å². The number of carbonyl (C=O) groups excluding carboxylic acids is 2. The average Bonchev–Trinajstić information content (AvgIpc) is 2.16. The Morgan fingerprint density at radius 3 is 2.64 bits per heavy atom. The summed E-state index contributed by atoms with van der Waals surface area (Å²) in [5, 5.41) is 3.20. The second kappa shape index (κ2) is 4.24. The van der Waals surface area contributed by atoms with Crippen molar-refractivity contribution >= 4 is 23.8 Å². The molecular weight excluding hydrogens is 184 g/mol. The maximum absolute atomic E-state index is 10.6. The van der Waals surface area contributed by atoms with Crippen molar-refractivity contribution < 1.29 is 9.59 Å². The Hall–Kier alpha value is -2.08. The lowest BCUT2D eigenvalue weighted by atomic mass is 10.2. The number of hydrogen-bond donors (Lipinski definition) is 3.